The van der Waals surface area contributed by atoms with E-state index in [1.807, 2.05) is 17.0 Å². The number of carbonyl (C=O) groups is 2. The zero-order valence-electron chi connectivity index (χ0n) is 15.4. The number of urea groups is 1. The van der Waals surface area contributed by atoms with Gasteiger partial charge in [-0.3, -0.25) is 9.69 Å². The largest absolute Gasteiger partial charge is 0.330 e. The molecule has 3 amide bonds. The molecular formula is C21H25N3O2. The molecule has 3 aliphatic rings. The summed E-state index contributed by atoms with van der Waals surface area (Å²) in [5.74, 6) is 0.510. The van der Waals surface area contributed by atoms with Crippen LogP contribution in [-0.4, -0.2) is 40.9 Å². The first-order chi connectivity index (χ1) is 12.5. The Morgan fingerprint density at radius 2 is 1.92 bits per heavy atom. The normalized spacial score (nSPS) is 22.8. The summed E-state index contributed by atoms with van der Waals surface area (Å²) >= 11 is 0. The van der Waals surface area contributed by atoms with E-state index >= 15 is 0 Å². The molecule has 2 heterocycles. The zero-order valence-corrected chi connectivity index (χ0v) is 15.4. The van der Waals surface area contributed by atoms with E-state index < -0.39 is 0 Å². The summed E-state index contributed by atoms with van der Waals surface area (Å²) in [6, 6.07) is 8.02. The van der Waals surface area contributed by atoms with Crippen molar-refractivity contribution >= 4 is 11.9 Å². The fourth-order valence-corrected chi connectivity index (χ4v) is 3.84. The van der Waals surface area contributed by atoms with E-state index in [9.17, 15) is 9.59 Å². The van der Waals surface area contributed by atoms with Crippen LogP contribution in [0.4, 0.5) is 4.79 Å². The SMILES string of the molecule is C=CCN1C(=O)NC(c2ccc(C(C)C)cc2)C2=C1CN(C1CC1)C2=O. The van der Waals surface area contributed by atoms with E-state index in [0.29, 0.717) is 25.0 Å². The maximum atomic E-state index is 13.1. The molecule has 1 atom stereocenters. The molecule has 1 aromatic rings. The Kier molecular flexibility index (Phi) is 4.10. The summed E-state index contributed by atoms with van der Waals surface area (Å²) in [5, 5.41) is 3.03. The minimum absolute atomic E-state index is 0.0644. The molecule has 1 aliphatic carbocycles. The molecule has 5 heteroatoms. The van der Waals surface area contributed by atoms with Crippen molar-refractivity contribution in [2.75, 3.05) is 13.1 Å². The number of rotatable bonds is 5. The van der Waals surface area contributed by atoms with Crippen molar-refractivity contribution in [2.45, 2.75) is 44.7 Å². The zero-order chi connectivity index (χ0) is 18.4. The van der Waals surface area contributed by atoms with Gasteiger partial charge in [0.05, 0.1) is 23.9 Å². The second-order valence-corrected chi connectivity index (χ2v) is 7.63. The van der Waals surface area contributed by atoms with Crippen LogP contribution in [0.3, 0.4) is 0 Å². The number of nitrogens with zero attached hydrogens (tertiary/aromatic N) is 2. The molecule has 1 fully saturated rings. The van der Waals surface area contributed by atoms with Crippen molar-refractivity contribution in [3.8, 4) is 0 Å². The van der Waals surface area contributed by atoms with Crippen molar-refractivity contribution in [1.82, 2.24) is 15.1 Å². The van der Waals surface area contributed by atoms with Gasteiger partial charge in [-0.05, 0) is 29.9 Å². The number of nitrogens with one attached hydrogen (secondary N) is 1. The quantitative estimate of drug-likeness (QED) is 0.828. The average molecular weight is 351 g/mol. The first-order valence-corrected chi connectivity index (χ1v) is 9.34. The summed E-state index contributed by atoms with van der Waals surface area (Å²) in [6.45, 7) is 8.99. The second-order valence-electron chi connectivity index (χ2n) is 7.63. The monoisotopic (exact) mass is 351 g/mol. The van der Waals surface area contributed by atoms with Crippen molar-refractivity contribution < 1.29 is 9.59 Å². The van der Waals surface area contributed by atoms with E-state index in [4.69, 9.17) is 0 Å². The molecule has 0 saturated heterocycles. The predicted molar refractivity (Wildman–Crippen MR) is 100 cm³/mol. The fourth-order valence-electron chi connectivity index (χ4n) is 3.84. The van der Waals surface area contributed by atoms with Crippen LogP contribution < -0.4 is 5.32 Å². The average Bonchev–Trinajstić information content (AvgIpc) is 3.41. The molecular weight excluding hydrogens is 326 g/mol. The number of carbonyl (C=O) groups excluding carboxylic acids is 2. The summed E-state index contributed by atoms with van der Waals surface area (Å²) in [6.07, 6.45) is 3.82. The lowest BCUT2D eigenvalue weighted by Crippen LogP contribution is -2.47. The van der Waals surface area contributed by atoms with E-state index in [0.717, 1.165) is 29.7 Å². The molecule has 5 nitrogen and oxygen atoms in total. The summed E-state index contributed by atoms with van der Waals surface area (Å²) < 4.78 is 0. The third-order valence-electron chi connectivity index (χ3n) is 5.49. The predicted octanol–water partition coefficient (Wildman–Crippen LogP) is 3.32. The number of hydrogen-bond acceptors (Lipinski definition) is 2. The van der Waals surface area contributed by atoms with Crippen LogP contribution in [0.15, 0.2) is 48.2 Å². The van der Waals surface area contributed by atoms with Gasteiger partial charge >= 0.3 is 6.03 Å². The maximum Gasteiger partial charge on any atom is 0.322 e. The highest BCUT2D eigenvalue weighted by Gasteiger charge is 2.47. The van der Waals surface area contributed by atoms with Crippen molar-refractivity contribution in [3.63, 3.8) is 0 Å². The van der Waals surface area contributed by atoms with Gasteiger partial charge in [-0.15, -0.1) is 6.58 Å². The highest BCUT2D eigenvalue weighted by molar-refractivity contribution is 6.01. The molecule has 4 rings (SSSR count). The van der Waals surface area contributed by atoms with Gasteiger partial charge in [-0.25, -0.2) is 4.79 Å². The molecule has 1 unspecified atom stereocenters. The lowest BCUT2D eigenvalue weighted by Gasteiger charge is -2.33. The van der Waals surface area contributed by atoms with Crippen LogP contribution >= 0.6 is 0 Å². The van der Waals surface area contributed by atoms with Gasteiger partial charge < -0.3 is 10.2 Å². The summed E-state index contributed by atoms with van der Waals surface area (Å²) in [5.41, 5.74) is 3.76. The number of benzene rings is 1. The van der Waals surface area contributed by atoms with E-state index in [2.05, 4.69) is 37.9 Å². The number of hydrogen-bond donors (Lipinski definition) is 1. The molecule has 0 aromatic heterocycles. The Labute approximate surface area is 154 Å². The van der Waals surface area contributed by atoms with Gasteiger partial charge in [0.25, 0.3) is 5.91 Å². The lowest BCUT2D eigenvalue weighted by molar-refractivity contribution is -0.126. The Morgan fingerprint density at radius 1 is 1.23 bits per heavy atom. The van der Waals surface area contributed by atoms with Crippen LogP contribution in [-0.2, 0) is 4.79 Å². The molecule has 0 bridgehead atoms. The smallest absolute Gasteiger partial charge is 0.322 e. The van der Waals surface area contributed by atoms with Crippen LogP contribution in [0.1, 0.15) is 49.8 Å². The van der Waals surface area contributed by atoms with Crippen LogP contribution in [0.25, 0.3) is 0 Å². The van der Waals surface area contributed by atoms with E-state index in [-0.39, 0.29) is 18.0 Å². The highest BCUT2D eigenvalue weighted by atomic mass is 16.2. The maximum absolute atomic E-state index is 13.1. The van der Waals surface area contributed by atoms with Gasteiger partial charge in [0.2, 0.25) is 0 Å². The first-order valence-electron chi connectivity index (χ1n) is 9.34. The fraction of sp³-hybridized carbons (Fsp3) is 0.429. The Bertz CT molecular complexity index is 790. The third kappa shape index (κ3) is 2.71. The van der Waals surface area contributed by atoms with Crippen LogP contribution in [0.5, 0.6) is 0 Å². The first kappa shape index (κ1) is 16.9. The topological polar surface area (TPSA) is 52.7 Å². The Balaban J connectivity index is 1.73. The minimum Gasteiger partial charge on any atom is -0.330 e. The number of amides is 3. The van der Waals surface area contributed by atoms with Crippen molar-refractivity contribution in [1.29, 1.82) is 0 Å². The van der Waals surface area contributed by atoms with Gasteiger partial charge in [0, 0.05) is 12.6 Å². The van der Waals surface area contributed by atoms with Crippen molar-refractivity contribution in [3.05, 3.63) is 59.3 Å². The summed E-state index contributed by atoms with van der Waals surface area (Å²) in [7, 11) is 0. The molecule has 2 aliphatic heterocycles. The Morgan fingerprint density at radius 3 is 2.50 bits per heavy atom. The second kappa shape index (κ2) is 6.31. The van der Waals surface area contributed by atoms with Gasteiger partial charge in [-0.1, -0.05) is 44.2 Å². The van der Waals surface area contributed by atoms with Gasteiger partial charge in [-0.2, -0.15) is 0 Å². The minimum atomic E-state index is -0.379. The standard InChI is InChI=1S/C21H25N3O2/c1-4-11-23-17-12-24(16-9-10-16)20(25)18(17)19(22-21(23)26)15-7-5-14(6-8-15)13(2)3/h4-8,13,16,19H,1,9-12H2,2-3H3,(H,22,26). The molecule has 26 heavy (non-hydrogen) atoms. The van der Waals surface area contributed by atoms with Gasteiger partial charge in [0.15, 0.2) is 0 Å². The van der Waals surface area contributed by atoms with Crippen molar-refractivity contribution in [2.24, 2.45) is 0 Å². The molecule has 136 valence electrons. The molecule has 1 aromatic carbocycles. The Hall–Kier alpha value is -2.56. The van der Waals surface area contributed by atoms with Crippen LogP contribution in [0, 0.1) is 0 Å². The van der Waals surface area contributed by atoms with Gasteiger partial charge in [0.1, 0.15) is 0 Å². The highest BCUT2D eigenvalue weighted by Crippen LogP contribution is 2.40. The summed E-state index contributed by atoms with van der Waals surface area (Å²) in [4.78, 5) is 29.4. The van der Waals surface area contributed by atoms with Crippen LogP contribution in [0.2, 0.25) is 0 Å². The molecule has 1 saturated carbocycles. The molecule has 0 spiro atoms. The molecule has 0 radical (unpaired) electrons. The van der Waals surface area contributed by atoms with E-state index in [1.165, 1.54) is 5.56 Å². The van der Waals surface area contributed by atoms with E-state index in [1.54, 1.807) is 11.0 Å². The molecule has 1 N–H and O–H groups in total. The lowest BCUT2D eigenvalue weighted by atomic mass is 9.93. The third-order valence-corrected chi connectivity index (χ3v) is 5.49.